The second-order valence-corrected chi connectivity index (χ2v) is 5.75. The lowest BCUT2D eigenvalue weighted by Crippen LogP contribution is -2.35. The third kappa shape index (κ3) is 2.31. The van der Waals surface area contributed by atoms with Crippen molar-refractivity contribution >= 4 is 6.09 Å². The molecule has 0 aromatic heterocycles. The Labute approximate surface area is 96.4 Å². The number of nitrogens with zero attached hydrogens (tertiary/aromatic N) is 1. The molecule has 4 nitrogen and oxygen atoms in total. The number of hydrogen-bond donors (Lipinski definition) is 1. The molecular formula is C12H20N2O2. The summed E-state index contributed by atoms with van der Waals surface area (Å²) in [6.45, 7) is 7.19. The van der Waals surface area contributed by atoms with Crippen LogP contribution in [0.15, 0.2) is 11.8 Å². The summed E-state index contributed by atoms with van der Waals surface area (Å²) < 4.78 is 5.35. The van der Waals surface area contributed by atoms with Gasteiger partial charge in [0.2, 0.25) is 0 Å². The average Bonchev–Trinajstić information content (AvgIpc) is 2.56. The number of likely N-dealkylation sites (tertiary alicyclic amines) is 1. The first-order valence-corrected chi connectivity index (χ1v) is 5.79. The lowest BCUT2D eigenvalue weighted by molar-refractivity contribution is 0.0285. The van der Waals surface area contributed by atoms with Crippen molar-refractivity contribution in [3.63, 3.8) is 0 Å². The van der Waals surface area contributed by atoms with Crippen LogP contribution in [0.4, 0.5) is 4.79 Å². The molecule has 0 unspecified atom stereocenters. The first-order valence-electron chi connectivity index (χ1n) is 5.79. The largest absolute Gasteiger partial charge is 0.444 e. The van der Waals surface area contributed by atoms with E-state index in [9.17, 15) is 4.79 Å². The second kappa shape index (κ2) is 3.68. The number of ether oxygens (including phenoxy) is 1. The number of hydrogen-bond acceptors (Lipinski definition) is 3. The van der Waals surface area contributed by atoms with Gasteiger partial charge in [0.25, 0.3) is 0 Å². The molecule has 2 aliphatic rings. The Morgan fingerprint density at radius 1 is 1.50 bits per heavy atom. The summed E-state index contributed by atoms with van der Waals surface area (Å²) in [5.74, 6) is 0.944. The first-order chi connectivity index (χ1) is 7.35. The summed E-state index contributed by atoms with van der Waals surface area (Å²) in [6.07, 6.45) is 2.81. The number of carbonyl (C=O) groups is 1. The van der Waals surface area contributed by atoms with Crippen LogP contribution in [0.3, 0.4) is 0 Å². The third-order valence-electron chi connectivity index (χ3n) is 3.07. The molecule has 4 heteroatoms. The van der Waals surface area contributed by atoms with E-state index in [4.69, 9.17) is 10.5 Å². The zero-order valence-electron chi connectivity index (χ0n) is 10.2. The summed E-state index contributed by atoms with van der Waals surface area (Å²) in [4.78, 5) is 13.6. The Hall–Kier alpha value is -1.19. The Balaban J connectivity index is 1.93. The van der Waals surface area contributed by atoms with Gasteiger partial charge in [-0.15, -0.1) is 0 Å². The highest BCUT2D eigenvalue weighted by molar-refractivity contribution is 5.68. The summed E-state index contributed by atoms with van der Waals surface area (Å²) in [7, 11) is 0. The van der Waals surface area contributed by atoms with Crippen LogP contribution in [0.2, 0.25) is 0 Å². The standard InChI is InChI=1S/C12H20N2O2/c1-12(2,3)16-11(15)14-6-8-4-10(13)5-9(8)7-14/h4,8-9H,5-7,13H2,1-3H3/t8-,9-/m1/s1. The van der Waals surface area contributed by atoms with E-state index < -0.39 is 5.60 Å². The van der Waals surface area contributed by atoms with Crippen LogP contribution in [0.5, 0.6) is 0 Å². The van der Waals surface area contributed by atoms with Crippen molar-refractivity contribution in [3.05, 3.63) is 11.8 Å². The van der Waals surface area contributed by atoms with Gasteiger partial charge < -0.3 is 15.4 Å². The summed E-state index contributed by atoms with van der Waals surface area (Å²) in [6, 6.07) is 0. The van der Waals surface area contributed by atoms with Crippen LogP contribution in [0.1, 0.15) is 27.2 Å². The van der Waals surface area contributed by atoms with E-state index in [1.807, 2.05) is 20.8 Å². The monoisotopic (exact) mass is 224 g/mol. The number of nitrogens with two attached hydrogens (primary N) is 1. The average molecular weight is 224 g/mol. The van der Waals surface area contributed by atoms with Gasteiger partial charge >= 0.3 is 6.09 Å². The normalized spacial score (nSPS) is 28.9. The van der Waals surface area contributed by atoms with Crippen molar-refractivity contribution in [2.45, 2.75) is 32.8 Å². The van der Waals surface area contributed by atoms with Gasteiger partial charge in [-0.1, -0.05) is 6.08 Å². The van der Waals surface area contributed by atoms with Gasteiger partial charge in [-0.25, -0.2) is 4.79 Å². The van der Waals surface area contributed by atoms with Gasteiger partial charge in [0.15, 0.2) is 0 Å². The summed E-state index contributed by atoms with van der Waals surface area (Å²) in [5, 5.41) is 0. The summed E-state index contributed by atoms with van der Waals surface area (Å²) >= 11 is 0. The predicted molar refractivity (Wildman–Crippen MR) is 61.7 cm³/mol. The molecule has 0 saturated carbocycles. The van der Waals surface area contributed by atoms with Crippen LogP contribution < -0.4 is 5.73 Å². The number of amides is 1. The topological polar surface area (TPSA) is 55.6 Å². The lowest BCUT2D eigenvalue weighted by Gasteiger charge is -2.24. The van der Waals surface area contributed by atoms with E-state index in [0.717, 1.165) is 25.2 Å². The number of rotatable bonds is 0. The molecule has 1 fully saturated rings. The SMILES string of the molecule is CC(C)(C)OC(=O)N1C[C@H]2CC(N)=C[C@@H]2C1. The molecule has 1 saturated heterocycles. The highest BCUT2D eigenvalue weighted by Crippen LogP contribution is 2.35. The van der Waals surface area contributed by atoms with E-state index in [-0.39, 0.29) is 6.09 Å². The zero-order valence-corrected chi connectivity index (χ0v) is 10.2. The van der Waals surface area contributed by atoms with E-state index in [0.29, 0.717) is 11.8 Å². The maximum Gasteiger partial charge on any atom is 0.410 e. The van der Waals surface area contributed by atoms with Crippen molar-refractivity contribution in [2.75, 3.05) is 13.1 Å². The van der Waals surface area contributed by atoms with E-state index >= 15 is 0 Å². The molecule has 0 aromatic carbocycles. The third-order valence-corrected chi connectivity index (χ3v) is 3.07. The fourth-order valence-electron chi connectivity index (χ4n) is 2.42. The van der Waals surface area contributed by atoms with Gasteiger partial charge in [0.1, 0.15) is 5.60 Å². The van der Waals surface area contributed by atoms with Crippen LogP contribution in [-0.2, 0) is 4.74 Å². The molecule has 1 aliphatic heterocycles. The lowest BCUT2D eigenvalue weighted by atomic mass is 10.0. The van der Waals surface area contributed by atoms with E-state index in [1.54, 1.807) is 4.90 Å². The number of allylic oxidation sites excluding steroid dienone is 1. The molecule has 0 bridgehead atoms. The molecule has 1 amide bonds. The highest BCUT2D eigenvalue weighted by atomic mass is 16.6. The predicted octanol–water partition coefficient (Wildman–Crippen LogP) is 1.72. The maximum atomic E-state index is 11.8. The smallest absolute Gasteiger partial charge is 0.410 e. The Bertz CT molecular complexity index is 330. The quantitative estimate of drug-likeness (QED) is 0.681. The molecule has 2 rings (SSSR count). The van der Waals surface area contributed by atoms with Gasteiger partial charge in [0.05, 0.1) is 0 Å². The zero-order chi connectivity index (χ0) is 11.9. The van der Waals surface area contributed by atoms with Crippen LogP contribution in [-0.4, -0.2) is 29.7 Å². The number of fused-ring (bicyclic) bond motifs is 1. The molecule has 0 spiro atoms. The molecule has 90 valence electrons. The van der Waals surface area contributed by atoms with Crippen LogP contribution >= 0.6 is 0 Å². The Morgan fingerprint density at radius 3 is 2.75 bits per heavy atom. The highest BCUT2D eigenvalue weighted by Gasteiger charge is 2.38. The molecule has 0 aromatic rings. The Morgan fingerprint density at radius 2 is 2.19 bits per heavy atom. The van der Waals surface area contributed by atoms with Gasteiger partial charge in [0, 0.05) is 24.7 Å². The minimum Gasteiger partial charge on any atom is -0.444 e. The minimum absolute atomic E-state index is 0.200. The van der Waals surface area contributed by atoms with Crippen LogP contribution in [0.25, 0.3) is 0 Å². The van der Waals surface area contributed by atoms with E-state index in [1.165, 1.54) is 0 Å². The molecule has 2 N–H and O–H groups in total. The molecule has 1 heterocycles. The fourth-order valence-corrected chi connectivity index (χ4v) is 2.42. The van der Waals surface area contributed by atoms with Crippen molar-refractivity contribution in [3.8, 4) is 0 Å². The first kappa shape index (κ1) is 11.3. The second-order valence-electron chi connectivity index (χ2n) is 5.75. The van der Waals surface area contributed by atoms with Crippen molar-refractivity contribution in [1.29, 1.82) is 0 Å². The van der Waals surface area contributed by atoms with Gasteiger partial charge in [-0.3, -0.25) is 0 Å². The maximum absolute atomic E-state index is 11.8. The van der Waals surface area contributed by atoms with E-state index in [2.05, 4.69) is 6.08 Å². The van der Waals surface area contributed by atoms with Gasteiger partial charge in [-0.2, -0.15) is 0 Å². The van der Waals surface area contributed by atoms with Crippen molar-refractivity contribution in [1.82, 2.24) is 4.90 Å². The molecule has 0 radical (unpaired) electrons. The van der Waals surface area contributed by atoms with Gasteiger partial charge in [-0.05, 0) is 33.1 Å². The molecular weight excluding hydrogens is 204 g/mol. The summed E-state index contributed by atoms with van der Waals surface area (Å²) in [5.41, 5.74) is 6.33. The molecule has 2 atom stereocenters. The fraction of sp³-hybridized carbons (Fsp3) is 0.750. The van der Waals surface area contributed by atoms with Crippen LogP contribution in [0, 0.1) is 11.8 Å². The van der Waals surface area contributed by atoms with Crippen molar-refractivity contribution in [2.24, 2.45) is 17.6 Å². The molecule has 1 aliphatic carbocycles. The van der Waals surface area contributed by atoms with Crippen molar-refractivity contribution < 1.29 is 9.53 Å². The Kier molecular flexibility index (Phi) is 2.60. The molecule has 16 heavy (non-hydrogen) atoms. The minimum atomic E-state index is -0.413. The number of carbonyl (C=O) groups excluding carboxylic acids is 1.